The highest BCUT2D eigenvalue weighted by Gasteiger charge is 2.20. The highest BCUT2D eigenvalue weighted by Crippen LogP contribution is 2.19. The summed E-state index contributed by atoms with van der Waals surface area (Å²) >= 11 is 0. The van der Waals surface area contributed by atoms with Crippen LogP contribution in [0.15, 0.2) is 24.3 Å². The predicted molar refractivity (Wildman–Crippen MR) is 45.5 cm³/mol. The molecule has 1 aromatic carbocycles. The summed E-state index contributed by atoms with van der Waals surface area (Å²) in [5.41, 5.74) is 7.31. The second kappa shape index (κ2) is 2.60. The quantitative estimate of drug-likeness (QED) is 0.597. The molecule has 0 radical (unpaired) electrons. The predicted octanol–water partition coefficient (Wildman–Crippen LogP) is 0.996. The van der Waals surface area contributed by atoms with Crippen LogP contribution in [0.4, 0.5) is 0 Å². The minimum atomic E-state index is -0.0521. The summed E-state index contributed by atoms with van der Waals surface area (Å²) in [5.74, 6) is -0.0521. The summed E-state index contributed by atoms with van der Waals surface area (Å²) in [6, 6.07) is 7.80. The van der Waals surface area contributed by atoms with E-state index in [4.69, 9.17) is 0 Å². The Morgan fingerprint density at radius 2 is 2.08 bits per heavy atom. The van der Waals surface area contributed by atoms with Crippen LogP contribution in [0.5, 0.6) is 0 Å². The number of benzene rings is 1. The number of rotatable bonds is 0. The summed E-state index contributed by atoms with van der Waals surface area (Å²) < 4.78 is 0. The first-order valence-corrected chi connectivity index (χ1v) is 3.94. The van der Waals surface area contributed by atoms with Gasteiger partial charge in [0.15, 0.2) is 0 Å². The molecule has 3 heteroatoms. The third-order valence-corrected chi connectivity index (χ3v) is 2.07. The Morgan fingerprint density at radius 1 is 1.33 bits per heavy atom. The molecule has 1 unspecified atom stereocenters. The Balaban J connectivity index is 2.55. The zero-order valence-electron chi connectivity index (χ0n) is 6.79. The second-order valence-corrected chi connectivity index (χ2v) is 2.91. The van der Waals surface area contributed by atoms with Crippen molar-refractivity contribution >= 4 is 5.91 Å². The van der Waals surface area contributed by atoms with E-state index in [1.165, 1.54) is 0 Å². The van der Waals surface area contributed by atoms with Crippen molar-refractivity contribution in [1.29, 1.82) is 0 Å². The molecule has 62 valence electrons. The lowest BCUT2D eigenvalue weighted by Crippen LogP contribution is -2.44. The number of amides is 1. The van der Waals surface area contributed by atoms with Crippen LogP contribution in [0.3, 0.4) is 0 Å². The summed E-state index contributed by atoms with van der Waals surface area (Å²) in [4.78, 5) is 11.3. The molecule has 1 aliphatic heterocycles. The van der Waals surface area contributed by atoms with Crippen LogP contribution in [0.2, 0.25) is 0 Å². The number of nitrogens with one attached hydrogen (secondary N) is 2. The normalized spacial score (nSPS) is 21.4. The first-order valence-electron chi connectivity index (χ1n) is 3.94. The van der Waals surface area contributed by atoms with E-state index in [0.29, 0.717) is 0 Å². The van der Waals surface area contributed by atoms with Gasteiger partial charge in [0.1, 0.15) is 0 Å². The van der Waals surface area contributed by atoms with Crippen LogP contribution in [-0.2, 0) is 0 Å². The first kappa shape index (κ1) is 7.31. The first-order chi connectivity index (χ1) is 5.79. The fraction of sp³-hybridized carbons (Fsp3) is 0.222. The minimum Gasteiger partial charge on any atom is -0.287 e. The van der Waals surface area contributed by atoms with Gasteiger partial charge in [0.05, 0.1) is 0 Å². The van der Waals surface area contributed by atoms with E-state index in [0.717, 1.165) is 11.1 Å². The average Bonchev–Trinajstić information content (AvgIpc) is 2.12. The third kappa shape index (κ3) is 0.987. The van der Waals surface area contributed by atoms with Crippen molar-refractivity contribution < 1.29 is 4.79 Å². The molecule has 0 aliphatic carbocycles. The highest BCUT2D eigenvalue weighted by atomic mass is 16.2. The molecule has 0 fully saturated rings. The van der Waals surface area contributed by atoms with Gasteiger partial charge in [-0.1, -0.05) is 18.2 Å². The van der Waals surface area contributed by atoms with Crippen LogP contribution in [0.25, 0.3) is 0 Å². The molecular formula is C9H10N2O. The van der Waals surface area contributed by atoms with Crippen molar-refractivity contribution in [2.75, 3.05) is 0 Å². The van der Waals surface area contributed by atoms with Gasteiger partial charge in [-0.15, -0.1) is 0 Å². The zero-order valence-corrected chi connectivity index (χ0v) is 6.79. The van der Waals surface area contributed by atoms with Crippen LogP contribution in [0.1, 0.15) is 28.9 Å². The molecule has 0 aromatic heterocycles. The van der Waals surface area contributed by atoms with Crippen molar-refractivity contribution in [3.8, 4) is 0 Å². The molecule has 0 saturated carbocycles. The molecule has 0 bridgehead atoms. The Morgan fingerprint density at radius 3 is 2.83 bits per heavy atom. The highest BCUT2D eigenvalue weighted by molar-refractivity contribution is 5.96. The number of carbonyl (C=O) groups excluding carboxylic acids is 1. The molecule has 12 heavy (non-hydrogen) atoms. The Bertz CT molecular complexity index is 322. The van der Waals surface area contributed by atoms with Gasteiger partial charge >= 0.3 is 0 Å². The van der Waals surface area contributed by atoms with Gasteiger partial charge in [-0.2, -0.15) is 0 Å². The Kier molecular flexibility index (Phi) is 1.59. The van der Waals surface area contributed by atoms with Crippen molar-refractivity contribution in [3.05, 3.63) is 35.4 Å². The molecule has 1 heterocycles. The molecular weight excluding hydrogens is 152 g/mol. The maximum atomic E-state index is 11.3. The Hall–Kier alpha value is -1.35. The largest absolute Gasteiger partial charge is 0.287 e. The van der Waals surface area contributed by atoms with Gasteiger partial charge in [0, 0.05) is 11.6 Å². The summed E-state index contributed by atoms with van der Waals surface area (Å²) in [7, 11) is 0. The van der Waals surface area contributed by atoms with E-state index in [9.17, 15) is 4.79 Å². The van der Waals surface area contributed by atoms with Gasteiger partial charge in [-0.3, -0.25) is 10.2 Å². The summed E-state index contributed by atoms with van der Waals surface area (Å²) in [6.07, 6.45) is 0. The van der Waals surface area contributed by atoms with Crippen LogP contribution in [0, 0.1) is 0 Å². The average molecular weight is 162 g/mol. The van der Waals surface area contributed by atoms with Crippen LogP contribution >= 0.6 is 0 Å². The number of hydrogen-bond acceptors (Lipinski definition) is 2. The van der Waals surface area contributed by atoms with Crippen molar-refractivity contribution in [2.24, 2.45) is 0 Å². The fourth-order valence-electron chi connectivity index (χ4n) is 1.40. The SMILES string of the molecule is CC1NNC(=O)c2ccccc21. The smallest absolute Gasteiger partial charge is 0.265 e. The van der Waals surface area contributed by atoms with Crippen LogP contribution < -0.4 is 10.9 Å². The lowest BCUT2D eigenvalue weighted by Gasteiger charge is -2.23. The second-order valence-electron chi connectivity index (χ2n) is 2.91. The van der Waals surface area contributed by atoms with Gasteiger partial charge in [-0.25, -0.2) is 5.43 Å². The maximum Gasteiger partial charge on any atom is 0.265 e. The zero-order chi connectivity index (χ0) is 8.55. The number of hydrazine groups is 1. The molecule has 3 nitrogen and oxygen atoms in total. The van der Waals surface area contributed by atoms with Gasteiger partial charge < -0.3 is 0 Å². The molecule has 0 saturated heterocycles. The topological polar surface area (TPSA) is 41.1 Å². The van der Waals surface area contributed by atoms with E-state index in [-0.39, 0.29) is 11.9 Å². The van der Waals surface area contributed by atoms with Crippen molar-refractivity contribution in [2.45, 2.75) is 13.0 Å². The number of carbonyl (C=O) groups is 1. The summed E-state index contributed by atoms with van der Waals surface area (Å²) in [5, 5.41) is 0. The maximum absolute atomic E-state index is 11.3. The van der Waals surface area contributed by atoms with Gasteiger partial charge in [0.2, 0.25) is 0 Å². The van der Waals surface area contributed by atoms with E-state index >= 15 is 0 Å². The van der Waals surface area contributed by atoms with Gasteiger partial charge in [-0.05, 0) is 18.6 Å². The molecule has 1 atom stereocenters. The molecule has 1 amide bonds. The molecule has 1 aliphatic rings. The third-order valence-electron chi connectivity index (χ3n) is 2.07. The minimum absolute atomic E-state index is 0.0521. The molecule has 0 spiro atoms. The fourth-order valence-corrected chi connectivity index (χ4v) is 1.40. The van der Waals surface area contributed by atoms with Crippen molar-refractivity contribution in [3.63, 3.8) is 0 Å². The summed E-state index contributed by atoms with van der Waals surface area (Å²) in [6.45, 7) is 2.01. The Labute approximate surface area is 70.8 Å². The molecule has 2 N–H and O–H groups in total. The number of hydrogen-bond donors (Lipinski definition) is 2. The lowest BCUT2D eigenvalue weighted by atomic mass is 10.00. The molecule has 2 rings (SSSR count). The van der Waals surface area contributed by atoms with Crippen LogP contribution in [-0.4, -0.2) is 5.91 Å². The van der Waals surface area contributed by atoms with E-state index in [1.807, 2.05) is 31.2 Å². The van der Waals surface area contributed by atoms with E-state index in [2.05, 4.69) is 10.9 Å². The standard InChI is InChI=1S/C9H10N2O/c1-6-7-4-2-3-5-8(7)9(12)11-10-6/h2-6,10H,1H3,(H,11,12). The van der Waals surface area contributed by atoms with E-state index < -0.39 is 0 Å². The monoisotopic (exact) mass is 162 g/mol. The molecule has 1 aromatic rings. The lowest BCUT2D eigenvalue weighted by molar-refractivity contribution is 0.0910. The van der Waals surface area contributed by atoms with Crippen molar-refractivity contribution in [1.82, 2.24) is 10.9 Å². The number of fused-ring (bicyclic) bond motifs is 1. The van der Waals surface area contributed by atoms with Gasteiger partial charge in [0.25, 0.3) is 5.91 Å². The van der Waals surface area contributed by atoms with E-state index in [1.54, 1.807) is 0 Å².